The summed E-state index contributed by atoms with van der Waals surface area (Å²) in [6.45, 7) is 0. The van der Waals surface area contributed by atoms with Crippen molar-refractivity contribution in [1.29, 1.82) is 0 Å². The Labute approximate surface area is 119 Å². The first kappa shape index (κ1) is 12.5. The third kappa shape index (κ3) is 2.00. The van der Waals surface area contributed by atoms with Gasteiger partial charge in [0.2, 0.25) is 0 Å². The number of hydrogen-bond acceptors (Lipinski definition) is 2. The van der Waals surface area contributed by atoms with Crippen molar-refractivity contribution in [3.8, 4) is 0 Å². The van der Waals surface area contributed by atoms with Crippen molar-refractivity contribution in [2.24, 2.45) is 0 Å². The summed E-state index contributed by atoms with van der Waals surface area (Å²) in [5.74, 6) is -0.418. The van der Waals surface area contributed by atoms with Crippen molar-refractivity contribution in [2.75, 3.05) is 5.32 Å². The van der Waals surface area contributed by atoms with Crippen LogP contribution in [-0.4, -0.2) is 11.0 Å². The van der Waals surface area contributed by atoms with Crippen LogP contribution in [0.1, 0.15) is 11.7 Å². The Hall–Kier alpha value is -1.55. The van der Waals surface area contributed by atoms with Gasteiger partial charge in [0.05, 0.1) is 10.7 Å². The molecular formula is C14H9Cl2NO2. The Balaban J connectivity index is 0.000000132. The van der Waals surface area contributed by atoms with Gasteiger partial charge in [-0.3, -0.25) is 4.79 Å². The van der Waals surface area contributed by atoms with E-state index in [-0.39, 0.29) is 0 Å². The molecule has 0 aromatic heterocycles. The average molecular weight is 294 g/mol. The fourth-order valence-electron chi connectivity index (χ4n) is 1.98. The molecule has 2 N–H and O–H groups in total. The number of aliphatic hydroxyl groups excluding tert-OH is 1. The Bertz CT molecular complexity index is 774. The second-order valence-electron chi connectivity index (χ2n) is 4.29. The van der Waals surface area contributed by atoms with E-state index in [4.69, 9.17) is 23.2 Å². The van der Waals surface area contributed by atoms with Crippen molar-refractivity contribution < 1.29 is 9.90 Å². The number of para-hydroxylation sites is 1. The van der Waals surface area contributed by atoms with Gasteiger partial charge in [0.1, 0.15) is 0 Å². The molecule has 4 rings (SSSR count). The molecule has 5 heteroatoms. The molecule has 3 nitrogen and oxygen atoms in total. The number of anilines is 1. The molecule has 0 radical (unpaired) electrons. The number of benzene rings is 2. The second-order valence-corrected chi connectivity index (χ2v) is 5.10. The molecule has 0 bridgehead atoms. The molecule has 1 aromatic carbocycles. The van der Waals surface area contributed by atoms with Crippen LogP contribution in [-0.2, 0) is 4.79 Å². The zero-order chi connectivity index (χ0) is 13.6. The first-order valence-corrected chi connectivity index (χ1v) is 6.41. The molecule has 19 heavy (non-hydrogen) atoms. The van der Waals surface area contributed by atoms with Crippen LogP contribution in [0.2, 0.25) is 10.0 Å². The summed E-state index contributed by atoms with van der Waals surface area (Å²) < 4.78 is 0. The summed E-state index contributed by atoms with van der Waals surface area (Å²) in [5, 5.41) is 15.7. The third-order valence-electron chi connectivity index (χ3n) is 3.12. The summed E-state index contributed by atoms with van der Waals surface area (Å²) in [6, 6.07) is 11.1. The molecule has 2 aliphatic carbocycles. The standard InChI is InChI=1S/C8H6ClNO2.C6H3Cl/c9-5-3-1-2-4-6(5)10-8(12)7(4)11;7-6-3-4-1-2-5(4)6/h1-3,7,11H,(H,10,12);1-3H. The first-order chi connectivity index (χ1) is 9.08. The number of halogens is 2. The summed E-state index contributed by atoms with van der Waals surface area (Å²) in [5.41, 5.74) is 1.07. The largest absolute Gasteiger partial charge is 0.378 e. The normalized spacial score (nSPS) is 17.2. The van der Waals surface area contributed by atoms with E-state index in [0.29, 0.717) is 16.3 Å². The lowest BCUT2D eigenvalue weighted by atomic mass is 10.1. The lowest BCUT2D eigenvalue weighted by Crippen LogP contribution is -2.10. The minimum atomic E-state index is -1.07. The van der Waals surface area contributed by atoms with E-state index in [1.165, 1.54) is 10.4 Å². The van der Waals surface area contributed by atoms with E-state index in [1.807, 2.05) is 12.1 Å². The van der Waals surface area contributed by atoms with Crippen LogP contribution in [0.3, 0.4) is 0 Å². The van der Waals surface area contributed by atoms with E-state index in [2.05, 4.69) is 11.4 Å². The van der Waals surface area contributed by atoms with Gasteiger partial charge in [-0.15, -0.1) is 0 Å². The van der Waals surface area contributed by atoms with Gasteiger partial charge >= 0.3 is 0 Å². The van der Waals surface area contributed by atoms with Crippen LogP contribution < -0.4 is 5.32 Å². The Morgan fingerprint density at radius 1 is 1.11 bits per heavy atom. The number of nitrogens with one attached hydrogen (secondary N) is 1. The predicted octanol–water partition coefficient (Wildman–Crippen LogP) is 3.27. The van der Waals surface area contributed by atoms with Crippen LogP contribution in [0, 0.1) is 10.4 Å². The fourth-order valence-corrected chi connectivity index (χ4v) is 2.49. The molecule has 0 fully saturated rings. The zero-order valence-electron chi connectivity index (χ0n) is 9.65. The van der Waals surface area contributed by atoms with Gasteiger partial charge in [0.25, 0.3) is 5.91 Å². The molecule has 0 saturated carbocycles. The number of fused-ring (bicyclic) bond motifs is 1. The van der Waals surface area contributed by atoms with E-state index < -0.39 is 12.0 Å². The fraction of sp³-hybridized carbons (Fsp3) is 0.0714. The predicted molar refractivity (Wildman–Crippen MR) is 74.2 cm³/mol. The molecule has 1 heterocycles. The topological polar surface area (TPSA) is 49.3 Å². The average Bonchev–Trinajstić information content (AvgIpc) is 2.65. The third-order valence-corrected chi connectivity index (χ3v) is 3.74. The maximum absolute atomic E-state index is 11.0. The van der Waals surface area contributed by atoms with Gasteiger partial charge in [-0.2, -0.15) is 0 Å². The van der Waals surface area contributed by atoms with Crippen molar-refractivity contribution >= 4 is 34.8 Å². The molecule has 1 unspecified atom stereocenters. The highest BCUT2D eigenvalue weighted by Crippen LogP contribution is 2.35. The van der Waals surface area contributed by atoms with Crippen LogP contribution in [0.15, 0.2) is 36.4 Å². The summed E-state index contributed by atoms with van der Waals surface area (Å²) in [4.78, 5) is 11.0. The molecule has 0 spiro atoms. The quantitative estimate of drug-likeness (QED) is 0.668. The number of hydrogen-bond donors (Lipinski definition) is 2. The maximum atomic E-state index is 11.0. The lowest BCUT2D eigenvalue weighted by molar-refractivity contribution is -0.123. The van der Waals surface area contributed by atoms with Crippen molar-refractivity contribution in [3.63, 3.8) is 0 Å². The minimum Gasteiger partial charge on any atom is -0.378 e. The second kappa shape index (κ2) is 4.53. The molecular weight excluding hydrogens is 285 g/mol. The van der Waals surface area contributed by atoms with Gasteiger partial charge in [-0.05, 0) is 17.4 Å². The van der Waals surface area contributed by atoms with Crippen molar-refractivity contribution in [2.45, 2.75) is 6.10 Å². The smallest absolute Gasteiger partial charge is 0.257 e. The number of carbonyl (C=O) groups is 1. The number of rotatable bonds is 0. The SMILES string of the molecule is Clc1cc2ccc1=2.O=C1Nc2c(Cl)cccc2C1O. The molecule has 1 aliphatic heterocycles. The van der Waals surface area contributed by atoms with E-state index in [0.717, 1.165) is 5.02 Å². The molecule has 1 aromatic rings. The van der Waals surface area contributed by atoms with E-state index in [1.54, 1.807) is 18.2 Å². The van der Waals surface area contributed by atoms with Crippen molar-refractivity contribution in [3.05, 3.63) is 62.4 Å². The van der Waals surface area contributed by atoms with Crippen LogP contribution in [0.5, 0.6) is 0 Å². The molecule has 1 amide bonds. The van der Waals surface area contributed by atoms with Gasteiger partial charge in [0, 0.05) is 15.8 Å². The van der Waals surface area contributed by atoms with E-state index in [9.17, 15) is 9.90 Å². The first-order valence-electron chi connectivity index (χ1n) is 5.65. The van der Waals surface area contributed by atoms with Gasteiger partial charge in [-0.25, -0.2) is 0 Å². The van der Waals surface area contributed by atoms with Crippen LogP contribution >= 0.6 is 23.2 Å². The van der Waals surface area contributed by atoms with Gasteiger partial charge in [-0.1, -0.05) is 47.5 Å². The monoisotopic (exact) mass is 293 g/mol. The number of amides is 1. The van der Waals surface area contributed by atoms with Crippen LogP contribution in [0.25, 0.3) is 0 Å². The summed E-state index contributed by atoms with van der Waals surface area (Å²) >= 11 is 11.4. The zero-order valence-corrected chi connectivity index (χ0v) is 11.2. The summed E-state index contributed by atoms with van der Waals surface area (Å²) in [6.07, 6.45) is -1.07. The Morgan fingerprint density at radius 2 is 1.89 bits per heavy atom. The minimum absolute atomic E-state index is 0.418. The molecule has 0 saturated heterocycles. The van der Waals surface area contributed by atoms with Gasteiger partial charge in [0.15, 0.2) is 6.10 Å². The van der Waals surface area contributed by atoms with Gasteiger partial charge < -0.3 is 10.4 Å². The van der Waals surface area contributed by atoms with Crippen molar-refractivity contribution in [1.82, 2.24) is 0 Å². The molecule has 96 valence electrons. The highest BCUT2D eigenvalue weighted by atomic mass is 35.5. The number of carbonyl (C=O) groups excluding carboxylic acids is 1. The Morgan fingerprint density at radius 3 is 2.32 bits per heavy atom. The van der Waals surface area contributed by atoms with Crippen LogP contribution in [0.4, 0.5) is 5.69 Å². The van der Waals surface area contributed by atoms with E-state index >= 15 is 0 Å². The summed E-state index contributed by atoms with van der Waals surface area (Å²) in [7, 11) is 0. The molecule has 3 aliphatic rings. The number of aliphatic hydroxyl groups is 1. The maximum Gasteiger partial charge on any atom is 0.257 e. The highest BCUT2D eigenvalue weighted by Gasteiger charge is 2.29. The Kier molecular flexibility index (Phi) is 2.97. The molecule has 1 atom stereocenters. The lowest BCUT2D eigenvalue weighted by Gasteiger charge is -2.01. The highest BCUT2D eigenvalue weighted by molar-refractivity contribution is 6.34.